The maximum Gasteiger partial charge on any atom is 0.337 e. The Balaban J connectivity index is 0.000000201. The number of carbonyl (C=O) groups is 6. The lowest BCUT2D eigenvalue weighted by Gasteiger charge is -2.48. The Morgan fingerprint density at radius 3 is 1.29 bits per heavy atom. The zero-order valence-electron chi connectivity index (χ0n) is 29.3. The van der Waals surface area contributed by atoms with Crippen LogP contribution in [0.5, 0.6) is 0 Å². The van der Waals surface area contributed by atoms with Crippen molar-refractivity contribution in [1.82, 2.24) is 0 Å². The third-order valence-corrected chi connectivity index (χ3v) is 10.1. The molecule has 4 heterocycles. The van der Waals surface area contributed by atoms with E-state index in [0.717, 1.165) is 11.1 Å². The molecule has 272 valence electrons. The van der Waals surface area contributed by atoms with Crippen molar-refractivity contribution in [3.63, 3.8) is 0 Å². The molecule has 0 radical (unpaired) electrons. The van der Waals surface area contributed by atoms with Gasteiger partial charge < -0.3 is 28.4 Å². The molecule has 4 bridgehead atoms. The minimum Gasteiger partial charge on any atom is -0.466 e. The van der Waals surface area contributed by atoms with Gasteiger partial charge in [-0.1, -0.05) is 85.0 Å². The third-order valence-electron chi connectivity index (χ3n) is 10.1. The van der Waals surface area contributed by atoms with Gasteiger partial charge in [0, 0.05) is 35.8 Å². The summed E-state index contributed by atoms with van der Waals surface area (Å²) in [5.74, 6) is -3.89. The first-order chi connectivity index (χ1) is 25.0. The monoisotopic (exact) mass is 712 g/mol. The fraction of sp³-hybridized carbons (Fsp3) is 0.350. The fourth-order valence-electron chi connectivity index (χ4n) is 7.55. The van der Waals surface area contributed by atoms with Gasteiger partial charge in [0.15, 0.2) is 0 Å². The van der Waals surface area contributed by atoms with Crippen molar-refractivity contribution < 1.29 is 57.2 Å². The first kappa shape index (κ1) is 37.5. The molecule has 2 aromatic rings. The lowest BCUT2D eigenvalue weighted by Crippen LogP contribution is -2.53. The van der Waals surface area contributed by atoms with Gasteiger partial charge in [-0.25, -0.2) is 19.2 Å². The van der Waals surface area contributed by atoms with Crippen LogP contribution >= 0.6 is 0 Å². The van der Waals surface area contributed by atoms with Crippen LogP contribution in [-0.4, -0.2) is 76.5 Å². The molecular formula is C40H40O12. The molecule has 6 atom stereocenters. The predicted octanol–water partition coefficient (Wildman–Crippen LogP) is 4.18. The third kappa shape index (κ3) is 7.32. The van der Waals surface area contributed by atoms with Crippen molar-refractivity contribution in [2.75, 3.05) is 28.4 Å². The smallest absolute Gasteiger partial charge is 0.337 e. The standard InChI is InChI=1S/2C20H20O6/c2*1-24-17(21)9-6-10-20(13-7-4-3-5-8-13)12-16-14(18(22)25-2)11-15(20)19(23)26-16/h2*3-9,11,15-16H,10,12H2,1-2H3/b2*9-6+/t2*15-,16+,20+/m10/s1. The van der Waals surface area contributed by atoms with Crippen LogP contribution in [-0.2, 0) is 68.0 Å². The highest BCUT2D eigenvalue weighted by molar-refractivity contribution is 5.95. The van der Waals surface area contributed by atoms with Gasteiger partial charge in [0.05, 0.1) is 51.4 Å². The number of benzene rings is 2. The number of hydrogen-bond donors (Lipinski definition) is 0. The van der Waals surface area contributed by atoms with E-state index in [4.69, 9.17) is 18.9 Å². The van der Waals surface area contributed by atoms with Crippen LogP contribution in [0.4, 0.5) is 0 Å². The summed E-state index contributed by atoms with van der Waals surface area (Å²) >= 11 is 0. The Bertz CT molecular complexity index is 1690. The maximum absolute atomic E-state index is 12.5. The second-order valence-corrected chi connectivity index (χ2v) is 12.7. The zero-order valence-corrected chi connectivity index (χ0v) is 29.3. The summed E-state index contributed by atoms with van der Waals surface area (Å²) in [7, 11) is 5.23. The lowest BCUT2D eigenvalue weighted by molar-refractivity contribution is -0.167. The first-order valence-electron chi connectivity index (χ1n) is 16.6. The summed E-state index contributed by atoms with van der Waals surface area (Å²) < 4.78 is 29.7. The van der Waals surface area contributed by atoms with E-state index in [2.05, 4.69) is 9.47 Å². The van der Waals surface area contributed by atoms with Crippen molar-refractivity contribution in [2.45, 2.75) is 48.7 Å². The van der Waals surface area contributed by atoms with E-state index in [1.54, 1.807) is 24.3 Å². The second kappa shape index (κ2) is 16.1. The molecule has 52 heavy (non-hydrogen) atoms. The predicted molar refractivity (Wildman–Crippen MR) is 184 cm³/mol. The Labute approximate surface area is 301 Å². The SMILES string of the molecule is COC(=O)/C=C/C[C@@]1(c2ccccc2)C[C@@H]2OC(=O)[C@H]1C=C2C(=O)OC.COC(=O)/C=C/C[C@]1(c2ccccc2)C[C@H]2OC(=O)[C@@H]1C=C2C(=O)OC. The topological polar surface area (TPSA) is 158 Å². The molecule has 12 nitrogen and oxygen atoms in total. The summed E-state index contributed by atoms with van der Waals surface area (Å²) in [6.07, 6.45) is 9.87. The molecule has 0 aromatic heterocycles. The van der Waals surface area contributed by atoms with Gasteiger partial charge in [0.1, 0.15) is 12.2 Å². The molecule has 4 aliphatic heterocycles. The molecular weight excluding hydrogens is 672 g/mol. The number of rotatable bonds is 10. The highest BCUT2D eigenvalue weighted by atomic mass is 16.6. The molecule has 8 rings (SSSR count). The molecule has 6 aliphatic rings. The van der Waals surface area contributed by atoms with Crippen LogP contribution in [0.25, 0.3) is 0 Å². The van der Waals surface area contributed by atoms with E-state index in [0.29, 0.717) is 36.8 Å². The van der Waals surface area contributed by atoms with Crippen LogP contribution in [0.15, 0.2) is 108 Å². The van der Waals surface area contributed by atoms with E-state index in [-0.39, 0.29) is 11.9 Å². The Morgan fingerprint density at radius 2 is 0.981 bits per heavy atom. The molecule has 0 unspecified atom stereocenters. The summed E-state index contributed by atoms with van der Waals surface area (Å²) in [4.78, 5) is 71.9. The number of fused-ring (bicyclic) bond motifs is 4. The van der Waals surface area contributed by atoms with Crippen molar-refractivity contribution in [3.05, 3.63) is 119 Å². The molecule has 2 fully saturated rings. The Kier molecular flexibility index (Phi) is 11.6. The van der Waals surface area contributed by atoms with Gasteiger partial charge in [-0.15, -0.1) is 0 Å². The van der Waals surface area contributed by atoms with Gasteiger partial charge in [-0.2, -0.15) is 0 Å². The van der Waals surface area contributed by atoms with Gasteiger partial charge in [-0.05, 0) is 24.0 Å². The normalized spacial score (nSPS) is 27.0. The first-order valence-corrected chi connectivity index (χ1v) is 16.6. The summed E-state index contributed by atoms with van der Waals surface area (Å²) in [5, 5.41) is 0. The van der Waals surface area contributed by atoms with Crippen LogP contribution in [0.1, 0.15) is 36.8 Å². The number of methoxy groups -OCH3 is 4. The maximum atomic E-state index is 12.5. The fourth-order valence-corrected chi connectivity index (χ4v) is 7.55. The van der Waals surface area contributed by atoms with Gasteiger partial charge in [-0.3, -0.25) is 9.59 Å². The van der Waals surface area contributed by atoms with Gasteiger partial charge in [0.25, 0.3) is 0 Å². The van der Waals surface area contributed by atoms with Crippen molar-refractivity contribution in [1.29, 1.82) is 0 Å². The minimum absolute atomic E-state index is 0.371. The number of hydrogen-bond acceptors (Lipinski definition) is 12. The molecule has 2 saturated heterocycles. The molecule has 0 spiro atoms. The van der Waals surface area contributed by atoms with Crippen LogP contribution in [0, 0.1) is 11.8 Å². The van der Waals surface area contributed by atoms with E-state index in [1.165, 1.54) is 40.6 Å². The van der Waals surface area contributed by atoms with E-state index in [9.17, 15) is 28.8 Å². The van der Waals surface area contributed by atoms with Crippen molar-refractivity contribution in [3.8, 4) is 0 Å². The lowest BCUT2D eigenvalue weighted by atomic mass is 9.59. The largest absolute Gasteiger partial charge is 0.466 e. The average molecular weight is 713 g/mol. The minimum atomic E-state index is -0.660. The highest BCUT2D eigenvalue weighted by Gasteiger charge is 2.56. The molecule has 0 amide bonds. The Hall–Kier alpha value is -5.78. The van der Waals surface area contributed by atoms with Crippen molar-refractivity contribution >= 4 is 35.8 Å². The van der Waals surface area contributed by atoms with Crippen LogP contribution in [0.2, 0.25) is 0 Å². The van der Waals surface area contributed by atoms with Gasteiger partial charge in [0.2, 0.25) is 0 Å². The van der Waals surface area contributed by atoms with Crippen LogP contribution < -0.4 is 0 Å². The quantitative estimate of drug-likeness (QED) is 0.197. The Morgan fingerprint density at radius 1 is 0.615 bits per heavy atom. The zero-order chi connectivity index (χ0) is 37.5. The summed E-state index contributed by atoms with van der Waals surface area (Å²) in [5.41, 5.74) is 1.48. The highest BCUT2D eigenvalue weighted by Crippen LogP contribution is 2.52. The molecule has 2 aliphatic carbocycles. The molecule has 2 aromatic carbocycles. The average Bonchev–Trinajstić information content (AvgIpc) is 3.18. The molecule has 0 N–H and O–H groups in total. The summed E-state index contributed by atoms with van der Waals surface area (Å²) in [6.45, 7) is 0. The molecule has 0 saturated carbocycles. The van der Waals surface area contributed by atoms with Crippen molar-refractivity contribution in [2.24, 2.45) is 11.8 Å². The number of esters is 6. The molecule has 12 heteroatoms. The number of allylic oxidation sites excluding steroid dienone is 2. The number of carbonyl (C=O) groups excluding carboxylic acids is 6. The second-order valence-electron chi connectivity index (χ2n) is 12.7. The van der Waals surface area contributed by atoms with Crippen LogP contribution in [0.3, 0.4) is 0 Å². The van der Waals surface area contributed by atoms with E-state index < -0.39 is 58.8 Å². The summed E-state index contributed by atoms with van der Waals surface area (Å²) in [6, 6.07) is 19.2. The number of ether oxygens (including phenoxy) is 6. The van der Waals surface area contributed by atoms with E-state index >= 15 is 0 Å². The van der Waals surface area contributed by atoms with Gasteiger partial charge >= 0.3 is 35.8 Å². The van der Waals surface area contributed by atoms with E-state index in [1.807, 2.05) is 60.7 Å².